The van der Waals surface area contributed by atoms with Crippen LogP contribution in [0.4, 0.5) is 4.39 Å². The van der Waals surface area contributed by atoms with Crippen LogP contribution in [0.3, 0.4) is 0 Å². The van der Waals surface area contributed by atoms with Crippen LogP contribution in [0.1, 0.15) is 17.9 Å². The molecular formula is C13H14FN3O2. The summed E-state index contributed by atoms with van der Waals surface area (Å²) in [4.78, 5) is 4.18. The summed E-state index contributed by atoms with van der Waals surface area (Å²) in [5.74, 6) is 0.120. The number of benzene rings is 1. The van der Waals surface area contributed by atoms with Crippen molar-refractivity contribution in [1.82, 2.24) is 15.5 Å². The molecule has 2 heterocycles. The summed E-state index contributed by atoms with van der Waals surface area (Å²) >= 11 is 0. The lowest BCUT2D eigenvalue weighted by molar-refractivity contribution is 0.0243. The number of β-amino-alcohol motifs (C(OH)–C–C–N with tert-alkyl or cyclic N) is 1. The number of halogens is 1. The molecule has 0 bridgehead atoms. The normalized spacial score (nSPS) is 22.9. The maximum Gasteiger partial charge on any atom is 0.260 e. The number of rotatable bonds is 2. The zero-order valence-corrected chi connectivity index (χ0v) is 10.5. The molecule has 1 fully saturated rings. The molecule has 0 aliphatic carbocycles. The van der Waals surface area contributed by atoms with Gasteiger partial charge in [-0.1, -0.05) is 5.16 Å². The van der Waals surface area contributed by atoms with Crippen molar-refractivity contribution >= 4 is 0 Å². The highest BCUT2D eigenvalue weighted by Crippen LogP contribution is 2.28. The predicted octanol–water partition coefficient (Wildman–Crippen LogP) is 1.37. The van der Waals surface area contributed by atoms with E-state index in [2.05, 4.69) is 15.5 Å². The summed E-state index contributed by atoms with van der Waals surface area (Å²) in [6.45, 7) is 2.88. The molecule has 0 saturated carbocycles. The minimum atomic E-state index is -1.12. The standard InChI is InChI=1S/C13H14FN3O2/c1-8-4-9(6-10(14)5-8)11-16-12(19-17-11)13(18)2-3-15-7-13/h4-6,15,18H,2-3,7H2,1H3. The summed E-state index contributed by atoms with van der Waals surface area (Å²) in [6.07, 6.45) is 0.525. The zero-order chi connectivity index (χ0) is 13.5. The van der Waals surface area contributed by atoms with Crippen LogP contribution in [0, 0.1) is 12.7 Å². The first kappa shape index (κ1) is 12.3. The van der Waals surface area contributed by atoms with Gasteiger partial charge in [0.1, 0.15) is 5.82 Å². The molecule has 19 heavy (non-hydrogen) atoms. The maximum absolute atomic E-state index is 13.4. The Kier molecular flexibility index (Phi) is 2.83. The minimum Gasteiger partial charge on any atom is -0.379 e. The van der Waals surface area contributed by atoms with Crippen LogP contribution < -0.4 is 5.32 Å². The Morgan fingerprint density at radius 3 is 2.95 bits per heavy atom. The average Bonchev–Trinajstić information content (AvgIpc) is 2.96. The maximum atomic E-state index is 13.4. The molecule has 6 heteroatoms. The summed E-state index contributed by atoms with van der Waals surface area (Å²) in [5, 5.41) is 17.2. The molecule has 1 aliphatic heterocycles. The molecule has 3 rings (SSSR count). The van der Waals surface area contributed by atoms with Gasteiger partial charge in [0.15, 0.2) is 5.60 Å². The lowest BCUT2D eigenvalue weighted by Gasteiger charge is -2.14. The van der Waals surface area contributed by atoms with Crippen LogP contribution in [0.25, 0.3) is 11.4 Å². The largest absolute Gasteiger partial charge is 0.379 e. The highest BCUT2D eigenvalue weighted by molar-refractivity contribution is 5.55. The smallest absolute Gasteiger partial charge is 0.260 e. The third kappa shape index (κ3) is 2.24. The van der Waals surface area contributed by atoms with Crippen LogP contribution in [-0.2, 0) is 5.60 Å². The first-order chi connectivity index (χ1) is 9.07. The zero-order valence-electron chi connectivity index (χ0n) is 10.5. The molecule has 100 valence electrons. The van der Waals surface area contributed by atoms with Crippen molar-refractivity contribution in [3.05, 3.63) is 35.5 Å². The van der Waals surface area contributed by atoms with E-state index in [4.69, 9.17) is 4.52 Å². The first-order valence-corrected chi connectivity index (χ1v) is 6.12. The van der Waals surface area contributed by atoms with E-state index in [-0.39, 0.29) is 17.5 Å². The Labute approximate surface area is 109 Å². The summed E-state index contributed by atoms with van der Waals surface area (Å²) in [6, 6.07) is 4.55. The fourth-order valence-electron chi connectivity index (χ4n) is 2.26. The van der Waals surface area contributed by atoms with Crippen LogP contribution in [0.15, 0.2) is 22.7 Å². The SMILES string of the molecule is Cc1cc(F)cc(-c2noc(C3(O)CCNC3)n2)c1. The second-order valence-electron chi connectivity index (χ2n) is 4.90. The van der Waals surface area contributed by atoms with Gasteiger partial charge >= 0.3 is 0 Å². The average molecular weight is 263 g/mol. The number of hydrogen-bond donors (Lipinski definition) is 2. The van der Waals surface area contributed by atoms with Gasteiger partial charge in [0.05, 0.1) is 0 Å². The van der Waals surface area contributed by atoms with Crippen molar-refractivity contribution < 1.29 is 14.0 Å². The van der Waals surface area contributed by atoms with Gasteiger partial charge in [0, 0.05) is 12.1 Å². The molecule has 5 nitrogen and oxygen atoms in total. The van der Waals surface area contributed by atoms with Gasteiger partial charge in [0.2, 0.25) is 5.82 Å². The third-order valence-corrected chi connectivity index (χ3v) is 3.26. The lowest BCUT2D eigenvalue weighted by Crippen LogP contribution is -2.28. The molecule has 1 atom stereocenters. The van der Waals surface area contributed by atoms with Crippen molar-refractivity contribution in [3.63, 3.8) is 0 Å². The van der Waals surface area contributed by atoms with E-state index in [9.17, 15) is 9.50 Å². The van der Waals surface area contributed by atoms with Crippen molar-refractivity contribution in [2.24, 2.45) is 0 Å². The predicted molar refractivity (Wildman–Crippen MR) is 65.8 cm³/mol. The van der Waals surface area contributed by atoms with E-state index in [0.717, 1.165) is 5.56 Å². The van der Waals surface area contributed by atoms with Crippen LogP contribution in [0.2, 0.25) is 0 Å². The van der Waals surface area contributed by atoms with Crippen molar-refractivity contribution in [3.8, 4) is 11.4 Å². The fraction of sp³-hybridized carbons (Fsp3) is 0.385. The molecule has 1 saturated heterocycles. The van der Waals surface area contributed by atoms with E-state index in [1.807, 2.05) is 0 Å². The summed E-state index contributed by atoms with van der Waals surface area (Å²) in [7, 11) is 0. The quantitative estimate of drug-likeness (QED) is 0.856. The van der Waals surface area contributed by atoms with Gasteiger partial charge in [-0.3, -0.25) is 0 Å². The van der Waals surface area contributed by atoms with E-state index >= 15 is 0 Å². The second kappa shape index (κ2) is 4.40. The number of nitrogens with one attached hydrogen (secondary N) is 1. The molecule has 1 aromatic carbocycles. The van der Waals surface area contributed by atoms with Gasteiger partial charge in [-0.15, -0.1) is 0 Å². The second-order valence-corrected chi connectivity index (χ2v) is 4.90. The lowest BCUT2D eigenvalue weighted by atomic mass is 10.0. The molecule has 0 spiro atoms. The van der Waals surface area contributed by atoms with E-state index < -0.39 is 5.60 Å². The highest BCUT2D eigenvalue weighted by Gasteiger charge is 2.38. The molecule has 1 aromatic heterocycles. The fourth-order valence-corrected chi connectivity index (χ4v) is 2.26. The Bertz CT molecular complexity index is 585. The van der Waals surface area contributed by atoms with Crippen molar-refractivity contribution in [2.75, 3.05) is 13.1 Å². The van der Waals surface area contributed by atoms with Crippen LogP contribution in [0.5, 0.6) is 0 Å². The topological polar surface area (TPSA) is 71.2 Å². The number of aliphatic hydroxyl groups is 1. The Hall–Kier alpha value is -1.79. The summed E-state index contributed by atoms with van der Waals surface area (Å²) < 4.78 is 18.5. The number of nitrogens with zero attached hydrogens (tertiary/aromatic N) is 2. The van der Waals surface area contributed by atoms with E-state index in [1.165, 1.54) is 12.1 Å². The van der Waals surface area contributed by atoms with Gasteiger partial charge in [-0.2, -0.15) is 4.98 Å². The van der Waals surface area contributed by atoms with Gasteiger partial charge < -0.3 is 14.9 Å². The summed E-state index contributed by atoms with van der Waals surface area (Å²) in [5.41, 5.74) is 0.206. The Morgan fingerprint density at radius 1 is 1.42 bits per heavy atom. The third-order valence-electron chi connectivity index (χ3n) is 3.26. The van der Waals surface area contributed by atoms with Crippen molar-refractivity contribution in [2.45, 2.75) is 18.9 Å². The van der Waals surface area contributed by atoms with Gasteiger partial charge in [-0.05, 0) is 43.7 Å². The number of aryl methyl sites for hydroxylation is 1. The number of hydrogen-bond acceptors (Lipinski definition) is 5. The number of aromatic nitrogens is 2. The Morgan fingerprint density at radius 2 is 2.26 bits per heavy atom. The van der Waals surface area contributed by atoms with E-state index in [0.29, 0.717) is 25.1 Å². The van der Waals surface area contributed by atoms with E-state index in [1.54, 1.807) is 13.0 Å². The molecule has 0 radical (unpaired) electrons. The molecule has 1 aliphatic rings. The minimum absolute atomic E-state index is 0.175. The monoisotopic (exact) mass is 263 g/mol. The first-order valence-electron chi connectivity index (χ1n) is 6.12. The van der Waals surface area contributed by atoms with Gasteiger partial charge in [-0.25, -0.2) is 4.39 Å². The molecule has 1 unspecified atom stereocenters. The molecule has 0 amide bonds. The van der Waals surface area contributed by atoms with Crippen LogP contribution >= 0.6 is 0 Å². The highest BCUT2D eigenvalue weighted by atomic mass is 19.1. The molecule has 2 aromatic rings. The molecule has 2 N–H and O–H groups in total. The van der Waals surface area contributed by atoms with Gasteiger partial charge in [0.25, 0.3) is 5.89 Å². The molecular weight excluding hydrogens is 249 g/mol. The Balaban J connectivity index is 1.96. The van der Waals surface area contributed by atoms with Crippen LogP contribution in [-0.4, -0.2) is 28.3 Å². The van der Waals surface area contributed by atoms with Crippen molar-refractivity contribution in [1.29, 1.82) is 0 Å².